The number of hydrogen-bond donors (Lipinski definition) is 8. The number of esters is 2. The smallest absolute Gasteiger partial charge is 1.00 e. The molecule has 12 atom stereocenters. The Morgan fingerprint density at radius 3 is 1.50 bits per heavy atom. The van der Waals surface area contributed by atoms with Crippen LogP contribution < -0.4 is 42.5 Å². The number of benzene rings is 3. The minimum atomic E-state index is -4.88. The normalized spacial score (nSPS) is 21.8. The predicted molar refractivity (Wildman–Crippen MR) is 358 cm³/mol. The Morgan fingerprint density at radius 2 is 1.11 bits per heavy atom. The number of halogens is 7. The number of rotatable bonds is 18. The van der Waals surface area contributed by atoms with E-state index in [0.717, 1.165) is 27.2 Å². The Kier molecular flexibility index (Phi) is 37.3. The Labute approximate surface area is 612 Å². The van der Waals surface area contributed by atoms with Crippen molar-refractivity contribution in [3.8, 4) is 29.4 Å². The molecule has 10 rings (SSSR count). The maximum absolute atomic E-state index is 13.9. The summed E-state index contributed by atoms with van der Waals surface area (Å²) in [6.07, 6.45) is -4.00. The summed E-state index contributed by atoms with van der Waals surface area (Å²) in [6.45, 7) is 9.85. The third-order valence-corrected chi connectivity index (χ3v) is 17.4. The molecule has 7 heterocycles. The van der Waals surface area contributed by atoms with Crippen LogP contribution in [-0.2, 0) is 58.1 Å². The summed E-state index contributed by atoms with van der Waals surface area (Å²) in [7, 11) is -6.68. The van der Waals surface area contributed by atoms with Gasteiger partial charge >= 0.3 is 50.3 Å². The van der Waals surface area contributed by atoms with Crippen molar-refractivity contribution in [3.05, 3.63) is 144 Å². The van der Waals surface area contributed by atoms with Crippen molar-refractivity contribution >= 4 is 97.0 Å². The number of hydrogen-bond acceptors (Lipinski definition) is 26. The second kappa shape index (κ2) is 40.8. The van der Waals surface area contributed by atoms with Crippen LogP contribution >= 0.6 is 39.3 Å². The molecule has 546 valence electrons. The molecule has 0 unspecified atom stereocenters. The van der Waals surface area contributed by atoms with Crippen LogP contribution in [0.3, 0.4) is 0 Å². The molecule has 0 spiro atoms. The molecule has 3 fully saturated rings. The van der Waals surface area contributed by atoms with E-state index in [1.54, 1.807) is 48.5 Å². The molecule has 4 aromatic heterocycles. The maximum atomic E-state index is 13.9. The van der Waals surface area contributed by atoms with Gasteiger partial charge in [-0.1, -0.05) is 58.2 Å². The molecule has 0 bridgehead atoms. The van der Waals surface area contributed by atoms with Gasteiger partial charge in [0, 0.05) is 13.2 Å². The fourth-order valence-electron chi connectivity index (χ4n) is 9.12. The number of aliphatic hydroxyl groups excluding tert-OH is 5. The molecule has 0 amide bonds. The number of nitrogens with two attached hydrogens (primary N) is 2. The average molecular weight is 1600 g/mol. The number of methoxy groups -OCH3 is 2. The second-order valence-corrected chi connectivity index (χ2v) is 25.0. The van der Waals surface area contributed by atoms with Gasteiger partial charge in [0.05, 0.1) is 50.9 Å². The van der Waals surface area contributed by atoms with E-state index in [1.807, 2.05) is 17.2 Å². The number of ether oxygens (including phenoxy) is 5. The van der Waals surface area contributed by atoms with Crippen LogP contribution in [-0.4, -0.2) is 179 Å². The van der Waals surface area contributed by atoms with Gasteiger partial charge in [-0.2, -0.15) is 55.4 Å². The first-order valence-corrected chi connectivity index (χ1v) is 31.8. The van der Waals surface area contributed by atoms with Gasteiger partial charge in [-0.05, 0) is 68.3 Å². The van der Waals surface area contributed by atoms with Crippen LogP contribution in [0.25, 0.3) is 11.0 Å². The molecule has 3 aliphatic rings. The number of nitriles is 2. The first-order valence-electron chi connectivity index (χ1n) is 28.5. The van der Waals surface area contributed by atoms with Crippen LogP contribution in [0.4, 0.5) is 33.6 Å². The number of nitrogen functional groups attached to an aromatic ring is 2. The molecule has 3 saturated heterocycles. The number of nitrogens with zero attached hydrogens (tertiary/aromatic N) is 8. The summed E-state index contributed by atoms with van der Waals surface area (Å²) in [6, 6.07) is 23.7. The van der Waals surface area contributed by atoms with Gasteiger partial charge in [-0.25, -0.2) is 41.3 Å². The van der Waals surface area contributed by atoms with Crippen LogP contribution in [0.5, 0.6) is 17.2 Å². The summed E-state index contributed by atoms with van der Waals surface area (Å²) in [5.74, 6) is -14.1. The Hall–Kier alpha value is -6.68. The van der Waals surface area contributed by atoms with Crippen LogP contribution in [0.15, 0.2) is 97.6 Å². The molecule has 100 heavy (non-hydrogen) atoms. The fourth-order valence-corrected chi connectivity index (χ4v) is 12.5. The zero-order valence-corrected chi connectivity index (χ0v) is 59.6. The summed E-state index contributed by atoms with van der Waals surface area (Å²) >= 11 is 0. The van der Waals surface area contributed by atoms with Crippen molar-refractivity contribution in [1.82, 2.24) is 34.3 Å². The number of carbonyl (C=O) groups is 2. The van der Waals surface area contributed by atoms with Crippen molar-refractivity contribution in [3.63, 3.8) is 0 Å². The van der Waals surface area contributed by atoms with Crippen molar-refractivity contribution in [2.24, 2.45) is 5.92 Å². The standard InChI is InChI=1S/C23H26N5O8P.C16H13F5NO5P.C12H13N5O4.C4H8O.C4H9.2CH4.ClH.HI.Mg/c1-14(22(31)33-2)11-37(32,36-15-6-4-3-5-7-15)34-10-17-19(29)20(30)23(12-24,35-17)18-9-8-16-21(25)26-13-27-28(16)18;1-8(16(23)25-2)22-28(24,26-9-6-4-3-5-7-9)27-15-13(20)11(18)10(17)12(19)14(15)21;13-4-12(10(20)9(19)7(3-18)21-12)8-2-1-6-11(14)15-5-16-17(6)8;1-2-4-5-3-1;1-4(2)3;;;;;/h3-9,13-14,17,19-20,29-30H,10-11H2,1-2H3,(H2,25,26,27);3-8H,1-2H3,(H,22,24);1-2,5,7,9-10,18-20H,3H2,(H2,14,15,16);1-4H2;1-3H3;2*1H4;2*1H;/q;;;;-1;;;;;+2/p-1/t14-,17-,19-,20-,23+,37+;8-,28-;7-,9-,10-,12+;;;;;;;/m101......./s1. The summed E-state index contributed by atoms with van der Waals surface area (Å²) in [4.78, 5) is 31.2. The second-order valence-electron chi connectivity index (χ2n) is 21.4. The number of aliphatic hydroxyl groups is 5. The Balaban J connectivity index is 0.000000706. The molecule has 10 N–H and O–H groups in total. The summed E-state index contributed by atoms with van der Waals surface area (Å²) in [5, 5.41) is 80.6. The van der Waals surface area contributed by atoms with E-state index >= 15 is 0 Å². The number of aromatic nitrogens is 6. The van der Waals surface area contributed by atoms with E-state index < -0.39 is 135 Å². The van der Waals surface area contributed by atoms with Gasteiger partial charge < -0.3 is 92.6 Å². The zero-order valence-electron chi connectivity index (χ0n) is 53.4. The third kappa shape index (κ3) is 21.7. The van der Waals surface area contributed by atoms with Gasteiger partial charge in [-0.3, -0.25) is 14.1 Å². The third-order valence-electron chi connectivity index (χ3n) is 13.8. The number of carbonyl (C=O) groups excluding carboxylic acids is 2. The number of nitrogens with one attached hydrogen (secondary N) is 1. The predicted octanol–water partition coefficient (Wildman–Crippen LogP) is 4.42. The minimum absolute atomic E-state index is 0. The maximum Gasteiger partial charge on any atom is 2.00 e. The van der Waals surface area contributed by atoms with Crippen molar-refractivity contribution in [2.75, 3.05) is 58.3 Å². The molecule has 3 aromatic carbocycles. The van der Waals surface area contributed by atoms with Crippen molar-refractivity contribution in [1.29, 1.82) is 10.5 Å². The van der Waals surface area contributed by atoms with Gasteiger partial charge in [-0.15, -0.1) is 24.0 Å². The zero-order chi connectivity index (χ0) is 70.2. The number of para-hydroxylation sites is 2. The van der Waals surface area contributed by atoms with E-state index in [-0.39, 0.29) is 115 Å². The van der Waals surface area contributed by atoms with Crippen LogP contribution in [0.1, 0.15) is 73.7 Å². The topological polar surface area (TPSA) is 425 Å². The SMILES string of the molecule is C.C.C1CCOC1.COC(=O)[C@H](C)C[P@](=O)(OC[C@H]1O[C@@](C#N)(c2ccc3c(N)ncnn23)[C@H](O)[C@@H]1O)Oc1ccccc1.COC(=O)[C@H](C)N[P@](=O)(Oc1ccccc1)Oc1c(F)c(F)c(F)c(F)c1F.C[C-](C)C.I.N#C[C@@]1(c2ccc3c(N)ncnn23)O[C@H](CO)[C@@H](O)[C@H]1O.[Cl-].[Mg+2]. The van der Waals surface area contributed by atoms with Crippen molar-refractivity contribution < 1.29 is 120 Å². The molecular formula is C61H78ClF5IMgN11O18P2. The average Bonchev–Trinajstić information content (AvgIpc) is 1.59. The quantitative estimate of drug-likeness (QED) is 0.00861. The van der Waals surface area contributed by atoms with E-state index in [1.165, 1.54) is 90.9 Å². The van der Waals surface area contributed by atoms with Crippen molar-refractivity contribution in [2.45, 2.75) is 116 Å². The van der Waals surface area contributed by atoms with Crippen LogP contribution in [0, 0.1) is 63.6 Å². The summed E-state index contributed by atoms with van der Waals surface area (Å²) in [5.41, 5.74) is 8.82. The van der Waals surface area contributed by atoms with Gasteiger partial charge in [0.1, 0.15) is 90.0 Å². The Morgan fingerprint density at radius 1 is 0.700 bits per heavy atom. The number of anilines is 2. The van der Waals surface area contributed by atoms with E-state index in [9.17, 15) is 76.7 Å². The molecule has 29 nitrogen and oxygen atoms in total. The number of fused-ring (bicyclic) bond motifs is 2. The van der Waals surface area contributed by atoms with E-state index in [2.05, 4.69) is 50.2 Å². The molecular weight excluding hydrogens is 1520 g/mol. The Bertz CT molecular complexity index is 3910. The van der Waals surface area contributed by atoms with E-state index in [0.29, 0.717) is 11.0 Å². The molecule has 0 radical (unpaired) electrons. The van der Waals surface area contributed by atoms with Gasteiger partial charge in [0.25, 0.3) is 0 Å². The molecule has 0 aliphatic carbocycles. The molecule has 7 aromatic rings. The molecule has 0 saturated carbocycles. The first-order chi connectivity index (χ1) is 45.0. The first kappa shape index (κ1) is 91.3. The fraction of sp³-hybridized carbons (Fsp3) is 0.426. The molecule has 3 aliphatic heterocycles. The van der Waals surface area contributed by atoms with Gasteiger partial charge in [0.2, 0.25) is 46.0 Å². The van der Waals surface area contributed by atoms with Gasteiger partial charge in [0.15, 0.2) is 11.6 Å². The van der Waals surface area contributed by atoms with E-state index in [4.69, 9.17) is 44.0 Å². The minimum Gasteiger partial charge on any atom is -1.00 e. The molecule has 39 heteroatoms. The largest absolute Gasteiger partial charge is 2.00 e. The van der Waals surface area contributed by atoms with Crippen LogP contribution in [0.2, 0.25) is 0 Å². The monoisotopic (exact) mass is 1600 g/mol. The summed E-state index contributed by atoms with van der Waals surface area (Å²) < 4.78 is 143.